The van der Waals surface area contributed by atoms with Crippen LogP contribution in [0.2, 0.25) is 0 Å². The van der Waals surface area contributed by atoms with Crippen molar-refractivity contribution in [2.75, 3.05) is 0 Å². The number of phenols is 1. The summed E-state index contributed by atoms with van der Waals surface area (Å²) >= 11 is 3.40. The molecule has 0 aliphatic carbocycles. The van der Waals surface area contributed by atoms with Crippen molar-refractivity contribution in [3.05, 3.63) is 93.1 Å². The average Bonchev–Trinajstić information content (AvgIpc) is 2.67. The SMILES string of the molecule is O=c1cc(-c2ccccc2)oc2cc(OCc3ccc(Br)cc3)cc(O)c12. The largest absolute Gasteiger partial charge is 0.507 e. The lowest BCUT2D eigenvalue weighted by molar-refractivity contribution is 0.304. The van der Waals surface area contributed by atoms with Crippen molar-refractivity contribution >= 4 is 26.9 Å². The topological polar surface area (TPSA) is 59.7 Å². The van der Waals surface area contributed by atoms with E-state index in [0.29, 0.717) is 18.1 Å². The van der Waals surface area contributed by atoms with Crippen LogP contribution in [0.1, 0.15) is 5.56 Å². The Hall–Kier alpha value is -3.05. The Morgan fingerprint density at radius 2 is 1.70 bits per heavy atom. The number of ether oxygens (including phenoxy) is 1. The summed E-state index contributed by atoms with van der Waals surface area (Å²) in [7, 11) is 0. The third-order valence-corrected chi connectivity index (χ3v) is 4.69. The van der Waals surface area contributed by atoms with Crippen LogP contribution in [-0.4, -0.2) is 5.11 Å². The van der Waals surface area contributed by atoms with Crippen LogP contribution in [0, 0.1) is 0 Å². The summed E-state index contributed by atoms with van der Waals surface area (Å²) in [6.07, 6.45) is 0. The molecule has 0 radical (unpaired) electrons. The molecule has 1 heterocycles. The molecule has 3 aromatic carbocycles. The van der Waals surface area contributed by atoms with E-state index in [0.717, 1.165) is 15.6 Å². The van der Waals surface area contributed by atoms with Crippen molar-refractivity contribution in [1.29, 1.82) is 0 Å². The lowest BCUT2D eigenvalue weighted by atomic mass is 10.1. The summed E-state index contributed by atoms with van der Waals surface area (Å²) in [6, 6.07) is 21.5. The van der Waals surface area contributed by atoms with Crippen molar-refractivity contribution in [1.82, 2.24) is 0 Å². The van der Waals surface area contributed by atoms with Crippen LogP contribution in [0.3, 0.4) is 0 Å². The van der Waals surface area contributed by atoms with E-state index in [-0.39, 0.29) is 22.1 Å². The molecule has 0 aliphatic heterocycles. The van der Waals surface area contributed by atoms with Crippen LogP contribution in [0.4, 0.5) is 0 Å². The Kier molecular flexibility index (Phi) is 4.69. The van der Waals surface area contributed by atoms with E-state index in [1.54, 1.807) is 6.07 Å². The van der Waals surface area contributed by atoms with Gasteiger partial charge in [0.1, 0.15) is 34.8 Å². The predicted molar refractivity (Wildman–Crippen MR) is 108 cm³/mol. The van der Waals surface area contributed by atoms with Crippen molar-refractivity contribution in [2.45, 2.75) is 6.61 Å². The lowest BCUT2D eigenvalue weighted by Crippen LogP contribution is -2.02. The zero-order valence-electron chi connectivity index (χ0n) is 14.2. The number of fused-ring (bicyclic) bond motifs is 1. The summed E-state index contributed by atoms with van der Waals surface area (Å²) in [4.78, 5) is 12.5. The quantitative estimate of drug-likeness (QED) is 0.471. The first-order valence-corrected chi connectivity index (χ1v) is 9.13. The van der Waals surface area contributed by atoms with E-state index >= 15 is 0 Å². The van der Waals surface area contributed by atoms with E-state index in [1.807, 2.05) is 54.6 Å². The molecule has 134 valence electrons. The Morgan fingerprint density at radius 3 is 2.44 bits per heavy atom. The third-order valence-electron chi connectivity index (χ3n) is 4.16. The molecule has 0 spiro atoms. The van der Waals surface area contributed by atoms with Gasteiger partial charge in [-0.05, 0) is 17.7 Å². The highest BCUT2D eigenvalue weighted by atomic mass is 79.9. The fraction of sp³-hybridized carbons (Fsp3) is 0.0455. The van der Waals surface area contributed by atoms with E-state index in [1.165, 1.54) is 12.1 Å². The number of rotatable bonds is 4. The molecule has 0 saturated carbocycles. The van der Waals surface area contributed by atoms with Gasteiger partial charge in [0.15, 0.2) is 5.43 Å². The molecule has 0 fully saturated rings. The minimum Gasteiger partial charge on any atom is -0.507 e. The van der Waals surface area contributed by atoms with Crippen LogP contribution in [0.25, 0.3) is 22.3 Å². The minimum absolute atomic E-state index is 0.144. The Labute approximate surface area is 163 Å². The zero-order valence-corrected chi connectivity index (χ0v) is 15.8. The average molecular weight is 423 g/mol. The summed E-state index contributed by atoms with van der Waals surface area (Å²) in [5, 5.41) is 10.4. The van der Waals surface area contributed by atoms with Gasteiger partial charge >= 0.3 is 0 Å². The van der Waals surface area contributed by atoms with E-state index in [4.69, 9.17) is 9.15 Å². The van der Waals surface area contributed by atoms with Crippen molar-refractivity contribution < 1.29 is 14.3 Å². The molecule has 0 bridgehead atoms. The number of hydrogen-bond donors (Lipinski definition) is 1. The van der Waals surface area contributed by atoms with Gasteiger partial charge in [0.2, 0.25) is 0 Å². The Balaban J connectivity index is 1.70. The maximum atomic E-state index is 12.5. The summed E-state index contributed by atoms with van der Waals surface area (Å²) < 4.78 is 12.6. The van der Waals surface area contributed by atoms with Crippen molar-refractivity contribution in [3.63, 3.8) is 0 Å². The molecule has 4 aromatic rings. The number of phenolic OH excluding ortho intramolecular Hbond substituents is 1. The van der Waals surface area contributed by atoms with Gasteiger partial charge in [-0.1, -0.05) is 58.4 Å². The van der Waals surface area contributed by atoms with Crippen molar-refractivity contribution in [3.8, 4) is 22.8 Å². The van der Waals surface area contributed by atoms with Crippen LogP contribution < -0.4 is 10.2 Å². The van der Waals surface area contributed by atoms with E-state index in [9.17, 15) is 9.90 Å². The molecule has 27 heavy (non-hydrogen) atoms. The summed E-state index contributed by atoms with van der Waals surface area (Å²) in [5.41, 5.74) is 1.76. The standard InChI is InChI=1S/C22H15BrO4/c23-16-8-6-14(7-9-16)13-26-17-10-18(24)22-19(25)12-20(27-21(22)11-17)15-4-2-1-3-5-15/h1-12,24H,13H2. The maximum absolute atomic E-state index is 12.5. The molecule has 0 aliphatic rings. The molecule has 1 aromatic heterocycles. The van der Waals surface area contributed by atoms with Gasteiger partial charge < -0.3 is 14.3 Å². The highest BCUT2D eigenvalue weighted by Gasteiger charge is 2.13. The second-order valence-corrected chi connectivity index (χ2v) is 6.99. The first kappa shape index (κ1) is 17.4. The van der Waals surface area contributed by atoms with Gasteiger partial charge in [-0.2, -0.15) is 0 Å². The molecule has 1 N–H and O–H groups in total. The first-order valence-electron chi connectivity index (χ1n) is 8.34. The van der Waals surface area contributed by atoms with E-state index < -0.39 is 0 Å². The van der Waals surface area contributed by atoms with Gasteiger partial charge in [-0.3, -0.25) is 4.79 Å². The third kappa shape index (κ3) is 3.73. The maximum Gasteiger partial charge on any atom is 0.197 e. The number of halogens is 1. The fourth-order valence-corrected chi connectivity index (χ4v) is 3.08. The number of aromatic hydroxyl groups is 1. The molecule has 0 atom stereocenters. The molecular formula is C22H15BrO4. The van der Waals surface area contributed by atoms with Gasteiger partial charge in [0.25, 0.3) is 0 Å². The summed E-state index contributed by atoms with van der Waals surface area (Å²) in [6.45, 7) is 0.334. The predicted octanol–water partition coefficient (Wildman–Crippen LogP) is 5.51. The lowest BCUT2D eigenvalue weighted by Gasteiger charge is -2.09. The molecule has 0 saturated heterocycles. The highest BCUT2D eigenvalue weighted by Crippen LogP contribution is 2.31. The number of hydrogen-bond acceptors (Lipinski definition) is 4. The normalized spacial score (nSPS) is 10.9. The molecule has 4 rings (SSSR count). The molecule has 0 unspecified atom stereocenters. The van der Waals surface area contributed by atoms with Crippen LogP contribution >= 0.6 is 15.9 Å². The van der Waals surface area contributed by atoms with Gasteiger partial charge in [-0.25, -0.2) is 0 Å². The molecular weight excluding hydrogens is 408 g/mol. The van der Waals surface area contributed by atoms with Gasteiger partial charge in [0.05, 0.1) is 0 Å². The second kappa shape index (κ2) is 7.29. The Morgan fingerprint density at radius 1 is 0.963 bits per heavy atom. The van der Waals surface area contributed by atoms with Gasteiger partial charge in [0, 0.05) is 28.2 Å². The Bertz CT molecular complexity index is 1150. The van der Waals surface area contributed by atoms with Crippen LogP contribution in [0.15, 0.2) is 86.5 Å². The zero-order chi connectivity index (χ0) is 18.8. The molecule has 0 amide bonds. The first-order chi connectivity index (χ1) is 13.1. The second-order valence-electron chi connectivity index (χ2n) is 6.07. The monoisotopic (exact) mass is 422 g/mol. The smallest absolute Gasteiger partial charge is 0.197 e. The van der Waals surface area contributed by atoms with Crippen LogP contribution in [-0.2, 0) is 6.61 Å². The minimum atomic E-state index is -0.299. The van der Waals surface area contributed by atoms with Gasteiger partial charge in [-0.15, -0.1) is 0 Å². The fourth-order valence-electron chi connectivity index (χ4n) is 2.82. The molecule has 5 heteroatoms. The summed E-state index contributed by atoms with van der Waals surface area (Å²) in [5.74, 6) is 0.709. The highest BCUT2D eigenvalue weighted by molar-refractivity contribution is 9.10. The number of benzene rings is 3. The molecule has 4 nitrogen and oxygen atoms in total. The van der Waals surface area contributed by atoms with Crippen molar-refractivity contribution in [2.24, 2.45) is 0 Å². The van der Waals surface area contributed by atoms with E-state index in [2.05, 4.69) is 15.9 Å². The van der Waals surface area contributed by atoms with Crippen LogP contribution in [0.5, 0.6) is 11.5 Å².